The number of alkyl halides is 3. The highest BCUT2D eigenvalue weighted by molar-refractivity contribution is 5.67. The number of rotatable bonds is 3. The molecule has 3 N–H and O–H groups in total. The van der Waals surface area contributed by atoms with E-state index in [1.807, 2.05) is 0 Å². The molecule has 0 amide bonds. The number of carboxylic acids is 1. The maximum atomic E-state index is 12.2. The van der Waals surface area contributed by atoms with Crippen LogP contribution in [0, 0.1) is 0 Å². The standard InChI is InChI=1S/C10H10F3NO2/c11-10(12,13)7-3-1-6(2-4-7)8(14)5-9(15)16/h1-4,8H,5,14H2,(H,15,16)/t8-/m1/s1. The maximum Gasteiger partial charge on any atom is 0.416 e. The average Bonchev–Trinajstić information content (AvgIpc) is 2.15. The Morgan fingerprint density at radius 3 is 2.19 bits per heavy atom. The quantitative estimate of drug-likeness (QED) is 0.841. The maximum absolute atomic E-state index is 12.2. The van der Waals surface area contributed by atoms with Gasteiger partial charge in [-0.2, -0.15) is 13.2 Å². The predicted octanol–water partition coefficient (Wildman–Crippen LogP) is 2.18. The van der Waals surface area contributed by atoms with Crippen LogP contribution in [-0.2, 0) is 11.0 Å². The molecule has 0 aliphatic rings. The van der Waals surface area contributed by atoms with Gasteiger partial charge in [-0.1, -0.05) is 12.1 Å². The van der Waals surface area contributed by atoms with Crippen LogP contribution in [-0.4, -0.2) is 11.1 Å². The molecule has 0 spiro atoms. The zero-order valence-corrected chi connectivity index (χ0v) is 8.16. The second-order valence-corrected chi connectivity index (χ2v) is 3.32. The van der Waals surface area contributed by atoms with Gasteiger partial charge in [-0.05, 0) is 17.7 Å². The number of carbonyl (C=O) groups is 1. The van der Waals surface area contributed by atoms with Crippen LogP contribution in [0.25, 0.3) is 0 Å². The first-order valence-corrected chi connectivity index (χ1v) is 4.45. The molecule has 0 aromatic heterocycles. The minimum absolute atomic E-state index is 0.314. The summed E-state index contributed by atoms with van der Waals surface area (Å²) in [6.07, 6.45) is -4.71. The third-order valence-electron chi connectivity index (χ3n) is 2.06. The Morgan fingerprint density at radius 2 is 1.81 bits per heavy atom. The topological polar surface area (TPSA) is 63.3 Å². The van der Waals surface area contributed by atoms with Crippen molar-refractivity contribution in [2.75, 3.05) is 0 Å². The van der Waals surface area contributed by atoms with E-state index in [4.69, 9.17) is 10.8 Å². The lowest BCUT2D eigenvalue weighted by atomic mass is 10.0. The highest BCUT2D eigenvalue weighted by atomic mass is 19.4. The van der Waals surface area contributed by atoms with Crippen molar-refractivity contribution >= 4 is 5.97 Å². The van der Waals surface area contributed by atoms with Gasteiger partial charge in [0.1, 0.15) is 0 Å². The number of hydrogen-bond donors (Lipinski definition) is 2. The van der Waals surface area contributed by atoms with Crippen LogP contribution in [0.3, 0.4) is 0 Å². The lowest BCUT2D eigenvalue weighted by molar-refractivity contribution is -0.138. The van der Waals surface area contributed by atoms with Crippen LogP contribution in [0.5, 0.6) is 0 Å². The zero-order chi connectivity index (χ0) is 12.3. The van der Waals surface area contributed by atoms with Gasteiger partial charge in [0, 0.05) is 6.04 Å². The van der Waals surface area contributed by atoms with E-state index in [1.54, 1.807) is 0 Å². The summed E-state index contributed by atoms with van der Waals surface area (Å²) in [6, 6.07) is 3.36. The minimum Gasteiger partial charge on any atom is -0.481 e. The molecule has 0 unspecified atom stereocenters. The molecule has 1 aromatic carbocycles. The minimum atomic E-state index is -4.39. The molecule has 0 saturated carbocycles. The second kappa shape index (κ2) is 4.52. The van der Waals surface area contributed by atoms with Gasteiger partial charge in [-0.3, -0.25) is 4.79 Å². The van der Waals surface area contributed by atoms with Crippen molar-refractivity contribution in [3.8, 4) is 0 Å². The number of hydrogen-bond acceptors (Lipinski definition) is 2. The lowest BCUT2D eigenvalue weighted by Gasteiger charge is -2.11. The SMILES string of the molecule is N[C@H](CC(=O)O)c1ccc(C(F)(F)F)cc1. The van der Waals surface area contributed by atoms with Crippen LogP contribution in [0.15, 0.2) is 24.3 Å². The summed E-state index contributed by atoms with van der Waals surface area (Å²) in [5.41, 5.74) is 5.08. The summed E-state index contributed by atoms with van der Waals surface area (Å²) in [5.74, 6) is -1.09. The first kappa shape index (κ1) is 12.5. The van der Waals surface area contributed by atoms with Crippen molar-refractivity contribution in [2.24, 2.45) is 5.73 Å². The van der Waals surface area contributed by atoms with Crippen LogP contribution >= 0.6 is 0 Å². The fourth-order valence-corrected chi connectivity index (χ4v) is 1.23. The number of benzene rings is 1. The van der Waals surface area contributed by atoms with Crippen LogP contribution in [0.4, 0.5) is 13.2 Å². The van der Waals surface area contributed by atoms with Gasteiger partial charge in [0.25, 0.3) is 0 Å². The summed E-state index contributed by atoms with van der Waals surface area (Å²) in [6.45, 7) is 0. The third kappa shape index (κ3) is 3.23. The highest BCUT2D eigenvalue weighted by Gasteiger charge is 2.30. The number of aliphatic carboxylic acids is 1. The first-order chi connectivity index (χ1) is 7.30. The molecule has 0 bridgehead atoms. The largest absolute Gasteiger partial charge is 0.481 e. The Balaban J connectivity index is 2.83. The second-order valence-electron chi connectivity index (χ2n) is 3.32. The molecule has 3 nitrogen and oxygen atoms in total. The van der Waals surface area contributed by atoms with Gasteiger partial charge in [-0.25, -0.2) is 0 Å². The smallest absolute Gasteiger partial charge is 0.416 e. The van der Waals surface area contributed by atoms with Gasteiger partial charge >= 0.3 is 12.1 Å². The van der Waals surface area contributed by atoms with Gasteiger partial charge < -0.3 is 10.8 Å². The number of carboxylic acid groups (broad SMARTS) is 1. The molecule has 0 radical (unpaired) electrons. The van der Waals surface area contributed by atoms with E-state index in [2.05, 4.69) is 0 Å². The van der Waals surface area contributed by atoms with Crippen molar-refractivity contribution in [3.05, 3.63) is 35.4 Å². The first-order valence-electron chi connectivity index (χ1n) is 4.45. The van der Waals surface area contributed by atoms with Crippen molar-refractivity contribution in [2.45, 2.75) is 18.6 Å². The van der Waals surface area contributed by atoms with Gasteiger partial charge in [0.05, 0.1) is 12.0 Å². The monoisotopic (exact) mass is 233 g/mol. The fourth-order valence-electron chi connectivity index (χ4n) is 1.23. The van der Waals surface area contributed by atoms with Crippen LogP contribution in [0.1, 0.15) is 23.6 Å². The van der Waals surface area contributed by atoms with Gasteiger partial charge in [0.15, 0.2) is 0 Å². The molecular weight excluding hydrogens is 223 g/mol. The third-order valence-corrected chi connectivity index (χ3v) is 2.06. The Bertz CT molecular complexity index is 373. The predicted molar refractivity (Wildman–Crippen MR) is 50.6 cm³/mol. The van der Waals surface area contributed by atoms with Gasteiger partial charge in [-0.15, -0.1) is 0 Å². The molecule has 0 aliphatic carbocycles. The summed E-state index contributed by atoms with van der Waals surface area (Å²) in [7, 11) is 0. The molecule has 6 heteroatoms. The Hall–Kier alpha value is -1.56. The van der Waals surface area contributed by atoms with Crippen molar-refractivity contribution in [1.29, 1.82) is 0 Å². The van der Waals surface area contributed by atoms with E-state index >= 15 is 0 Å². The van der Waals surface area contributed by atoms with E-state index in [-0.39, 0.29) is 6.42 Å². The van der Waals surface area contributed by atoms with Crippen LogP contribution in [0.2, 0.25) is 0 Å². The normalized spacial score (nSPS) is 13.5. The Labute approximate surface area is 89.7 Å². The molecule has 0 saturated heterocycles. The molecule has 0 fully saturated rings. The summed E-state index contributed by atoms with van der Waals surface area (Å²) in [4.78, 5) is 10.3. The Morgan fingerprint density at radius 1 is 1.31 bits per heavy atom. The van der Waals surface area contributed by atoms with Crippen molar-refractivity contribution < 1.29 is 23.1 Å². The molecule has 1 aromatic rings. The molecule has 1 rings (SSSR count). The summed E-state index contributed by atoms with van der Waals surface area (Å²) >= 11 is 0. The number of nitrogens with two attached hydrogens (primary N) is 1. The molecule has 0 heterocycles. The van der Waals surface area contributed by atoms with Crippen molar-refractivity contribution in [3.63, 3.8) is 0 Å². The number of halogens is 3. The highest BCUT2D eigenvalue weighted by Crippen LogP contribution is 2.29. The Kier molecular flexibility index (Phi) is 3.54. The van der Waals surface area contributed by atoms with Crippen LogP contribution < -0.4 is 5.73 Å². The summed E-state index contributed by atoms with van der Waals surface area (Å²) in [5, 5.41) is 8.47. The molecular formula is C10H10F3NO2. The van der Waals surface area contributed by atoms with E-state index < -0.39 is 23.8 Å². The molecule has 0 aliphatic heterocycles. The van der Waals surface area contributed by atoms with E-state index in [0.29, 0.717) is 5.56 Å². The lowest BCUT2D eigenvalue weighted by Crippen LogP contribution is -2.15. The van der Waals surface area contributed by atoms with E-state index in [1.165, 1.54) is 12.1 Å². The molecule has 1 atom stereocenters. The fraction of sp³-hybridized carbons (Fsp3) is 0.300. The zero-order valence-electron chi connectivity index (χ0n) is 8.16. The van der Waals surface area contributed by atoms with E-state index in [0.717, 1.165) is 12.1 Å². The summed E-state index contributed by atoms with van der Waals surface area (Å²) < 4.78 is 36.6. The molecule has 88 valence electrons. The molecule has 16 heavy (non-hydrogen) atoms. The van der Waals surface area contributed by atoms with Gasteiger partial charge in [0.2, 0.25) is 0 Å². The van der Waals surface area contributed by atoms with E-state index in [9.17, 15) is 18.0 Å². The average molecular weight is 233 g/mol. The van der Waals surface area contributed by atoms with Crippen molar-refractivity contribution in [1.82, 2.24) is 0 Å².